The van der Waals surface area contributed by atoms with Crippen molar-refractivity contribution in [1.82, 2.24) is 14.5 Å². The Hall–Kier alpha value is -2.45. The van der Waals surface area contributed by atoms with Gasteiger partial charge in [0, 0.05) is 29.7 Å². The third kappa shape index (κ3) is 4.19. The van der Waals surface area contributed by atoms with Crippen LogP contribution in [0.5, 0.6) is 0 Å². The SMILES string of the molecule is CCn1c(SCC(=O)N(C)C2=CCCC2)nc2sc(C)c(-c3ccc(F)cc3)c2c1=O. The van der Waals surface area contributed by atoms with Crippen molar-refractivity contribution in [1.29, 1.82) is 0 Å². The van der Waals surface area contributed by atoms with Crippen molar-refractivity contribution in [3.05, 3.63) is 57.1 Å². The summed E-state index contributed by atoms with van der Waals surface area (Å²) in [5.41, 5.74) is 2.55. The van der Waals surface area contributed by atoms with Crippen LogP contribution in [-0.2, 0) is 11.3 Å². The second-order valence-corrected chi connectivity index (χ2v) is 9.64. The first kappa shape index (κ1) is 21.8. The number of fused-ring (bicyclic) bond motifs is 1. The van der Waals surface area contributed by atoms with Gasteiger partial charge in [0.15, 0.2) is 5.16 Å². The zero-order valence-corrected chi connectivity index (χ0v) is 19.4. The number of nitrogens with zero attached hydrogens (tertiary/aromatic N) is 3. The molecule has 31 heavy (non-hydrogen) atoms. The smallest absolute Gasteiger partial charge is 0.263 e. The molecule has 2 aromatic heterocycles. The van der Waals surface area contributed by atoms with E-state index in [9.17, 15) is 14.0 Å². The average molecular weight is 458 g/mol. The molecular formula is C23H24FN3O2S2. The molecule has 0 atom stereocenters. The van der Waals surface area contributed by atoms with Gasteiger partial charge in [-0.3, -0.25) is 14.2 Å². The second-order valence-electron chi connectivity index (χ2n) is 7.49. The Bertz CT molecular complexity index is 1230. The molecule has 0 saturated carbocycles. The summed E-state index contributed by atoms with van der Waals surface area (Å²) in [5, 5.41) is 1.11. The third-order valence-corrected chi connectivity index (χ3v) is 7.51. The van der Waals surface area contributed by atoms with Gasteiger partial charge in [-0.25, -0.2) is 9.37 Å². The van der Waals surface area contributed by atoms with E-state index >= 15 is 0 Å². The summed E-state index contributed by atoms with van der Waals surface area (Å²) in [6.45, 7) is 4.30. The van der Waals surface area contributed by atoms with Gasteiger partial charge in [-0.05, 0) is 50.8 Å². The number of rotatable bonds is 6. The lowest BCUT2D eigenvalue weighted by Gasteiger charge is -2.18. The van der Waals surface area contributed by atoms with Crippen LogP contribution in [0.2, 0.25) is 0 Å². The molecule has 0 radical (unpaired) electrons. The van der Waals surface area contributed by atoms with Crippen molar-refractivity contribution in [3.8, 4) is 11.1 Å². The number of thiophene rings is 1. The highest BCUT2D eigenvalue weighted by Crippen LogP contribution is 2.36. The average Bonchev–Trinajstić information content (AvgIpc) is 3.40. The molecule has 5 nitrogen and oxygen atoms in total. The molecule has 0 bridgehead atoms. The maximum atomic E-state index is 13.4. The molecule has 4 rings (SSSR count). The topological polar surface area (TPSA) is 55.2 Å². The molecule has 1 aliphatic carbocycles. The van der Waals surface area contributed by atoms with E-state index in [1.54, 1.807) is 28.6 Å². The van der Waals surface area contributed by atoms with Crippen molar-refractivity contribution in [2.24, 2.45) is 0 Å². The van der Waals surface area contributed by atoms with Gasteiger partial charge in [-0.2, -0.15) is 0 Å². The summed E-state index contributed by atoms with van der Waals surface area (Å²) in [5.74, 6) is -0.0859. The van der Waals surface area contributed by atoms with E-state index in [0.29, 0.717) is 21.9 Å². The molecule has 0 saturated heterocycles. The van der Waals surface area contributed by atoms with Gasteiger partial charge in [-0.1, -0.05) is 30.0 Å². The maximum absolute atomic E-state index is 13.4. The molecule has 1 aliphatic rings. The molecule has 2 heterocycles. The molecule has 1 aromatic carbocycles. The lowest BCUT2D eigenvalue weighted by Crippen LogP contribution is -2.28. The number of aryl methyl sites for hydroxylation is 1. The molecule has 0 fully saturated rings. The normalized spacial score (nSPS) is 13.6. The van der Waals surface area contributed by atoms with Gasteiger partial charge in [0.25, 0.3) is 5.56 Å². The number of thioether (sulfide) groups is 1. The van der Waals surface area contributed by atoms with Gasteiger partial charge < -0.3 is 4.90 Å². The summed E-state index contributed by atoms with van der Waals surface area (Å²) in [6.07, 6.45) is 5.14. The minimum absolute atomic E-state index is 0.00418. The molecule has 8 heteroatoms. The summed E-state index contributed by atoms with van der Waals surface area (Å²) in [7, 11) is 1.81. The summed E-state index contributed by atoms with van der Waals surface area (Å²) < 4.78 is 15.0. The van der Waals surface area contributed by atoms with Crippen molar-refractivity contribution >= 4 is 39.2 Å². The van der Waals surface area contributed by atoms with E-state index in [0.717, 1.165) is 41.0 Å². The number of hydrogen-bond acceptors (Lipinski definition) is 5. The highest BCUT2D eigenvalue weighted by atomic mass is 32.2. The Kier molecular flexibility index (Phi) is 6.29. The minimum atomic E-state index is -0.313. The number of carbonyl (C=O) groups excluding carboxylic acids is 1. The lowest BCUT2D eigenvalue weighted by atomic mass is 10.0. The van der Waals surface area contributed by atoms with Crippen molar-refractivity contribution in [3.63, 3.8) is 0 Å². The summed E-state index contributed by atoms with van der Waals surface area (Å²) >= 11 is 2.75. The number of allylic oxidation sites excluding steroid dienone is 2. The van der Waals surface area contributed by atoms with Crippen LogP contribution in [0.4, 0.5) is 4.39 Å². The number of hydrogen-bond donors (Lipinski definition) is 0. The van der Waals surface area contributed by atoms with Crippen LogP contribution < -0.4 is 5.56 Å². The van der Waals surface area contributed by atoms with Crippen LogP contribution in [-0.4, -0.2) is 33.2 Å². The molecular weight excluding hydrogens is 433 g/mol. The standard InChI is InChI=1S/C23H24FN3O2S2/c1-4-27-22(29)20-19(15-9-11-16(24)12-10-15)14(2)31-21(20)25-23(27)30-13-18(28)26(3)17-7-5-6-8-17/h7,9-12H,4-6,8,13H2,1-3H3. The van der Waals surface area contributed by atoms with Gasteiger partial charge >= 0.3 is 0 Å². The second kappa shape index (κ2) is 8.96. The fraction of sp³-hybridized carbons (Fsp3) is 0.348. The van der Waals surface area contributed by atoms with Crippen molar-refractivity contribution in [2.75, 3.05) is 12.8 Å². The fourth-order valence-electron chi connectivity index (χ4n) is 3.87. The van der Waals surface area contributed by atoms with E-state index in [-0.39, 0.29) is 23.0 Å². The quantitative estimate of drug-likeness (QED) is 0.377. The van der Waals surface area contributed by atoms with Crippen LogP contribution in [0, 0.1) is 12.7 Å². The predicted octanol–water partition coefficient (Wildman–Crippen LogP) is 5.21. The van der Waals surface area contributed by atoms with Crippen LogP contribution in [0.1, 0.15) is 31.1 Å². The molecule has 162 valence electrons. The van der Waals surface area contributed by atoms with Gasteiger partial charge in [-0.15, -0.1) is 11.3 Å². The zero-order chi connectivity index (χ0) is 22.1. The molecule has 0 spiro atoms. The maximum Gasteiger partial charge on any atom is 0.263 e. The number of benzene rings is 1. The number of aromatic nitrogens is 2. The van der Waals surface area contributed by atoms with Crippen molar-refractivity contribution in [2.45, 2.75) is 44.8 Å². The monoisotopic (exact) mass is 457 g/mol. The van der Waals surface area contributed by atoms with E-state index in [1.807, 2.05) is 13.8 Å². The Morgan fingerprint density at radius 3 is 2.71 bits per heavy atom. The molecule has 1 amide bonds. The number of amides is 1. The Labute approximate surface area is 188 Å². The first-order valence-electron chi connectivity index (χ1n) is 10.3. The van der Waals surface area contributed by atoms with Crippen LogP contribution >= 0.6 is 23.1 Å². The first-order chi connectivity index (χ1) is 14.9. The van der Waals surface area contributed by atoms with E-state index in [4.69, 9.17) is 4.98 Å². The predicted molar refractivity (Wildman–Crippen MR) is 125 cm³/mol. The first-order valence-corrected chi connectivity index (χ1v) is 12.1. The minimum Gasteiger partial charge on any atom is -0.319 e. The molecule has 0 aliphatic heterocycles. The Balaban J connectivity index is 1.68. The molecule has 3 aromatic rings. The van der Waals surface area contributed by atoms with Gasteiger partial charge in [0.2, 0.25) is 5.91 Å². The van der Waals surface area contributed by atoms with Gasteiger partial charge in [0.05, 0.1) is 11.1 Å². The zero-order valence-electron chi connectivity index (χ0n) is 17.8. The van der Waals surface area contributed by atoms with E-state index in [2.05, 4.69) is 6.08 Å². The van der Waals surface area contributed by atoms with Crippen LogP contribution in [0.15, 0.2) is 46.0 Å². The van der Waals surface area contributed by atoms with Crippen molar-refractivity contribution < 1.29 is 9.18 Å². The number of carbonyl (C=O) groups is 1. The number of halogens is 1. The van der Waals surface area contributed by atoms with Gasteiger partial charge in [0.1, 0.15) is 10.6 Å². The summed E-state index contributed by atoms with van der Waals surface area (Å²) in [4.78, 5) is 34.1. The Morgan fingerprint density at radius 2 is 2.06 bits per heavy atom. The highest BCUT2D eigenvalue weighted by molar-refractivity contribution is 7.99. The highest BCUT2D eigenvalue weighted by Gasteiger charge is 2.21. The largest absolute Gasteiger partial charge is 0.319 e. The van der Waals surface area contributed by atoms with Crippen LogP contribution in [0.3, 0.4) is 0 Å². The van der Waals surface area contributed by atoms with E-state index in [1.165, 1.54) is 35.2 Å². The Morgan fingerprint density at radius 1 is 1.32 bits per heavy atom. The lowest BCUT2D eigenvalue weighted by molar-refractivity contribution is -0.125. The fourth-order valence-corrected chi connectivity index (χ4v) is 5.93. The van der Waals surface area contributed by atoms with Crippen LogP contribution in [0.25, 0.3) is 21.3 Å². The molecule has 0 unspecified atom stereocenters. The summed E-state index contributed by atoms with van der Waals surface area (Å²) in [6, 6.07) is 6.18. The van der Waals surface area contributed by atoms with E-state index < -0.39 is 0 Å². The third-order valence-electron chi connectivity index (χ3n) is 5.55. The molecule has 0 N–H and O–H groups in total.